The van der Waals surface area contributed by atoms with E-state index in [0.717, 1.165) is 5.56 Å². The Morgan fingerprint density at radius 3 is 2.70 bits per heavy atom. The Labute approximate surface area is 156 Å². The van der Waals surface area contributed by atoms with Crippen molar-refractivity contribution in [1.29, 1.82) is 0 Å². The molecule has 0 aliphatic carbocycles. The number of H-pyrrole nitrogens is 1. The Morgan fingerprint density at radius 2 is 2.04 bits per heavy atom. The lowest BCUT2D eigenvalue weighted by Crippen LogP contribution is -2.33. The van der Waals surface area contributed by atoms with Crippen LogP contribution in [0.1, 0.15) is 21.7 Å². The van der Waals surface area contributed by atoms with E-state index in [9.17, 15) is 9.59 Å². The quantitative estimate of drug-likeness (QED) is 0.681. The number of benzene rings is 1. The van der Waals surface area contributed by atoms with Crippen molar-refractivity contribution in [1.82, 2.24) is 24.6 Å². The summed E-state index contributed by atoms with van der Waals surface area (Å²) in [5.74, 6) is 0.664. The summed E-state index contributed by atoms with van der Waals surface area (Å²) in [4.78, 5) is 33.0. The van der Waals surface area contributed by atoms with Gasteiger partial charge in [0.25, 0.3) is 11.5 Å². The van der Waals surface area contributed by atoms with Gasteiger partial charge in [-0.25, -0.2) is 4.98 Å². The summed E-state index contributed by atoms with van der Waals surface area (Å²) in [6.07, 6.45) is 5.61. The molecule has 1 N–H and O–H groups in total. The van der Waals surface area contributed by atoms with Gasteiger partial charge >= 0.3 is 0 Å². The third-order valence-electron chi connectivity index (χ3n) is 4.04. The number of hydrogen-bond donors (Lipinski definition) is 1. The molecule has 0 bridgehead atoms. The second kappa shape index (κ2) is 8.31. The Balaban J connectivity index is 1.60. The molecule has 0 saturated heterocycles. The molecule has 140 valence electrons. The molecule has 8 nitrogen and oxygen atoms in total. The standard InChI is InChI=1S/C19H21N5O3/c1-23(9-8-14-10-21-24(2)12-14)19(26)16-11-20-17(22-18(16)25)13-27-15-6-4-3-5-7-15/h3-7,10-12H,8-9,13H2,1-2H3,(H,20,22,25). The number of likely N-dealkylation sites (N-methyl/N-ethyl adjacent to an activating group) is 1. The summed E-state index contributed by atoms with van der Waals surface area (Å²) in [6, 6.07) is 9.22. The first-order chi connectivity index (χ1) is 13.0. The van der Waals surface area contributed by atoms with Gasteiger partial charge in [-0.15, -0.1) is 0 Å². The predicted molar refractivity (Wildman–Crippen MR) is 99.5 cm³/mol. The van der Waals surface area contributed by atoms with E-state index in [0.29, 0.717) is 24.5 Å². The van der Waals surface area contributed by atoms with Crippen LogP contribution in [-0.2, 0) is 20.1 Å². The highest BCUT2D eigenvalue weighted by atomic mass is 16.5. The van der Waals surface area contributed by atoms with Crippen LogP contribution in [-0.4, -0.2) is 44.1 Å². The molecule has 3 rings (SSSR count). The maximum absolute atomic E-state index is 12.5. The van der Waals surface area contributed by atoms with Gasteiger partial charge in [-0.1, -0.05) is 18.2 Å². The summed E-state index contributed by atoms with van der Waals surface area (Å²) >= 11 is 0. The molecule has 0 aliphatic rings. The van der Waals surface area contributed by atoms with Crippen molar-refractivity contribution in [2.75, 3.05) is 13.6 Å². The van der Waals surface area contributed by atoms with E-state index < -0.39 is 5.56 Å². The lowest BCUT2D eigenvalue weighted by atomic mass is 10.2. The van der Waals surface area contributed by atoms with Gasteiger partial charge in [0, 0.05) is 33.0 Å². The molecule has 0 fully saturated rings. The molecule has 2 heterocycles. The number of carbonyl (C=O) groups is 1. The van der Waals surface area contributed by atoms with Gasteiger partial charge in [-0.2, -0.15) is 5.10 Å². The van der Waals surface area contributed by atoms with Gasteiger partial charge in [0.1, 0.15) is 23.7 Å². The molecule has 27 heavy (non-hydrogen) atoms. The van der Waals surface area contributed by atoms with Crippen LogP contribution in [0.5, 0.6) is 5.75 Å². The number of ether oxygens (including phenoxy) is 1. The molecule has 0 aliphatic heterocycles. The molecule has 2 aromatic heterocycles. The summed E-state index contributed by atoms with van der Waals surface area (Å²) in [5.41, 5.74) is 0.555. The number of aromatic nitrogens is 4. The fourth-order valence-electron chi connectivity index (χ4n) is 2.53. The Kier molecular flexibility index (Phi) is 5.65. The first-order valence-corrected chi connectivity index (χ1v) is 8.52. The van der Waals surface area contributed by atoms with Crippen LogP contribution in [0.25, 0.3) is 0 Å². The van der Waals surface area contributed by atoms with Crippen molar-refractivity contribution >= 4 is 5.91 Å². The van der Waals surface area contributed by atoms with E-state index in [4.69, 9.17) is 4.74 Å². The largest absolute Gasteiger partial charge is 0.486 e. The molecule has 1 aromatic carbocycles. The van der Waals surface area contributed by atoms with Crippen molar-refractivity contribution in [2.45, 2.75) is 13.0 Å². The average molecular weight is 367 g/mol. The van der Waals surface area contributed by atoms with Gasteiger partial charge in [0.2, 0.25) is 0 Å². The molecular formula is C19H21N5O3. The topological polar surface area (TPSA) is 93.1 Å². The minimum Gasteiger partial charge on any atom is -0.486 e. The predicted octanol–water partition coefficient (Wildman–Crippen LogP) is 1.40. The fourth-order valence-corrected chi connectivity index (χ4v) is 2.53. The van der Waals surface area contributed by atoms with E-state index >= 15 is 0 Å². The minimum atomic E-state index is -0.477. The number of para-hydroxylation sites is 1. The van der Waals surface area contributed by atoms with Crippen LogP contribution in [0.15, 0.2) is 53.7 Å². The molecule has 0 unspecified atom stereocenters. The van der Waals surface area contributed by atoms with Gasteiger partial charge in [-0.3, -0.25) is 14.3 Å². The number of nitrogens with one attached hydrogen (secondary N) is 1. The monoisotopic (exact) mass is 367 g/mol. The zero-order valence-corrected chi connectivity index (χ0v) is 15.3. The van der Waals surface area contributed by atoms with Gasteiger partial charge in [0.15, 0.2) is 0 Å². The second-order valence-electron chi connectivity index (χ2n) is 6.17. The molecule has 8 heteroatoms. The maximum atomic E-state index is 12.5. The van der Waals surface area contributed by atoms with E-state index in [-0.39, 0.29) is 18.1 Å². The first-order valence-electron chi connectivity index (χ1n) is 8.52. The summed E-state index contributed by atoms with van der Waals surface area (Å²) in [6.45, 7) is 0.591. The minimum absolute atomic E-state index is 0.00662. The molecule has 0 spiro atoms. The van der Waals surface area contributed by atoms with Gasteiger partial charge in [-0.05, 0) is 24.1 Å². The third kappa shape index (κ3) is 4.81. The number of rotatable bonds is 7. The van der Waals surface area contributed by atoms with E-state index in [2.05, 4.69) is 15.1 Å². The lowest BCUT2D eigenvalue weighted by molar-refractivity contribution is 0.0794. The highest BCUT2D eigenvalue weighted by molar-refractivity contribution is 5.93. The third-order valence-corrected chi connectivity index (χ3v) is 4.04. The Bertz CT molecular complexity index is 965. The highest BCUT2D eigenvalue weighted by Gasteiger charge is 2.16. The van der Waals surface area contributed by atoms with Gasteiger partial charge < -0.3 is 14.6 Å². The average Bonchev–Trinajstić information content (AvgIpc) is 3.10. The number of aryl methyl sites for hydroxylation is 1. The maximum Gasteiger partial charge on any atom is 0.263 e. The fraction of sp³-hybridized carbons (Fsp3) is 0.263. The summed E-state index contributed by atoms with van der Waals surface area (Å²) in [7, 11) is 3.50. The SMILES string of the molecule is CN(CCc1cnn(C)c1)C(=O)c1cnc(COc2ccccc2)[nH]c1=O. The number of amides is 1. The number of hydrogen-bond acceptors (Lipinski definition) is 5. The highest BCUT2D eigenvalue weighted by Crippen LogP contribution is 2.09. The number of nitrogens with zero attached hydrogens (tertiary/aromatic N) is 4. The molecule has 0 atom stereocenters. The van der Waals surface area contributed by atoms with Crippen molar-refractivity contribution < 1.29 is 9.53 Å². The van der Waals surface area contributed by atoms with Crippen LogP contribution in [0.3, 0.4) is 0 Å². The van der Waals surface area contributed by atoms with Crippen molar-refractivity contribution in [3.8, 4) is 5.75 Å². The molecular weight excluding hydrogens is 346 g/mol. The Hall–Kier alpha value is -3.42. The molecule has 0 saturated carbocycles. The van der Waals surface area contributed by atoms with Crippen LogP contribution in [0.4, 0.5) is 0 Å². The normalized spacial score (nSPS) is 10.6. The molecule has 3 aromatic rings. The molecule has 0 radical (unpaired) electrons. The zero-order chi connectivity index (χ0) is 19.2. The van der Waals surface area contributed by atoms with Gasteiger partial charge in [0.05, 0.1) is 6.20 Å². The van der Waals surface area contributed by atoms with Crippen LogP contribution in [0, 0.1) is 0 Å². The van der Waals surface area contributed by atoms with Crippen molar-refractivity contribution in [2.24, 2.45) is 7.05 Å². The smallest absolute Gasteiger partial charge is 0.263 e. The summed E-state index contributed by atoms with van der Waals surface area (Å²) in [5, 5.41) is 4.10. The van der Waals surface area contributed by atoms with Crippen LogP contribution in [0.2, 0.25) is 0 Å². The van der Waals surface area contributed by atoms with Crippen molar-refractivity contribution in [3.05, 3.63) is 76.2 Å². The second-order valence-corrected chi connectivity index (χ2v) is 6.17. The first kappa shape index (κ1) is 18.4. The molecule has 1 amide bonds. The van der Waals surface area contributed by atoms with Crippen LogP contribution >= 0.6 is 0 Å². The Morgan fingerprint density at radius 1 is 1.26 bits per heavy atom. The number of aromatic amines is 1. The van der Waals surface area contributed by atoms with E-state index in [1.54, 1.807) is 17.9 Å². The summed E-state index contributed by atoms with van der Waals surface area (Å²) < 4.78 is 7.26. The van der Waals surface area contributed by atoms with Crippen LogP contribution < -0.4 is 10.3 Å². The zero-order valence-electron chi connectivity index (χ0n) is 15.3. The van der Waals surface area contributed by atoms with E-state index in [1.165, 1.54) is 11.1 Å². The number of carbonyl (C=O) groups excluding carboxylic acids is 1. The van der Waals surface area contributed by atoms with Crippen molar-refractivity contribution in [3.63, 3.8) is 0 Å². The van der Waals surface area contributed by atoms with E-state index in [1.807, 2.05) is 43.6 Å². The lowest BCUT2D eigenvalue weighted by Gasteiger charge is -2.16.